The number of carbonyl (C=O) groups is 2. The van der Waals surface area contributed by atoms with E-state index in [2.05, 4.69) is 10.2 Å². The molecule has 0 amide bonds. The summed E-state index contributed by atoms with van der Waals surface area (Å²) in [6.45, 7) is 4.61. The van der Waals surface area contributed by atoms with Crippen LogP contribution in [0.25, 0.3) is 0 Å². The van der Waals surface area contributed by atoms with Crippen molar-refractivity contribution in [3.05, 3.63) is 35.4 Å². The number of ether oxygens (including phenoxy) is 2. The number of alkyl halides is 3. The van der Waals surface area contributed by atoms with Crippen molar-refractivity contribution in [3.63, 3.8) is 0 Å². The number of nitrogens with zero attached hydrogens (tertiary/aromatic N) is 2. The summed E-state index contributed by atoms with van der Waals surface area (Å²) in [6, 6.07) is 4.74. The molecule has 146 valence electrons. The Hall–Kier alpha value is -2.71. The summed E-state index contributed by atoms with van der Waals surface area (Å²) >= 11 is 0. The molecule has 27 heavy (non-hydrogen) atoms. The molecule has 0 aliphatic carbocycles. The molecule has 0 N–H and O–H groups in total. The molecule has 0 saturated heterocycles. The van der Waals surface area contributed by atoms with Crippen LogP contribution < -0.4 is 0 Å². The van der Waals surface area contributed by atoms with E-state index in [0.717, 1.165) is 6.07 Å². The predicted molar refractivity (Wildman–Crippen MR) is 91.5 cm³/mol. The lowest BCUT2D eigenvalue weighted by Gasteiger charge is -2.30. The van der Waals surface area contributed by atoms with E-state index in [0.29, 0.717) is 0 Å². The van der Waals surface area contributed by atoms with Gasteiger partial charge in [0.15, 0.2) is 5.71 Å². The lowest BCUT2D eigenvalue weighted by molar-refractivity contribution is -0.146. The van der Waals surface area contributed by atoms with Crippen molar-refractivity contribution in [2.24, 2.45) is 16.1 Å². The first-order valence-corrected chi connectivity index (χ1v) is 8.34. The van der Waals surface area contributed by atoms with E-state index in [1.54, 1.807) is 13.8 Å². The first-order valence-electron chi connectivity index (χ1n) is 8.34. The molecule has 6 nitrogen and oxygen atoms in total. The van der Waals surface area contributed by atoms with Crippen molar-refractivity contribution < 1.29 is 32.2 Å². The third kappa shape index (κ3) is 4.35. The maximum Gasteiger partial charge on any atom is 0.416 e. The summed E-state index contributed by atoms with van der Waals surface area (Å²) < 4.78 is 50.6. The van der Waals surface area contributed by atoms with E-state index >= 15 is 0 Å². The third-order valence-electron chi connectivity index (χ3n) is 4.02. The second-order valence-corrected chi connectivity index (χ2v) is 5.74. The molecule has 2 rings (SSSR count). The molecular formula is C18H19F3N2O4. The van der Waals surface area contributed by atoms with Gasteiger partial charge >= 0.3 is 18.1 Å². The Morgan fingerprint density at radius 3 is 2.30 bits per heavy atom. The topological polar surface area (TPSA) is 77.3 Å². The third-order valence-corrected chi connectivity index (χ3v) is 4.02. The second-order valence-electron chi connectivity index (χ2n) is 5.74. The van der Waals surface area contributed by atoms with Gasteiger partial charge in [0.1, 0.15) is 5.92 Å². The SMILES string of the molecule is CCOC(=O)C1=NN=C(C)C(C(=O)OCC)C1c1ccccc1C(F)(F)F. The zero-order chi connectivity index (χ0) is 20.2. The van der Waals surface area contributed by atoms with Crippen LogP contribution in [0.4, 0.5) is 13.2 Å². The number of esters is 2. The lowest BCUT2D eigenvalue weighted by Crippen LogP contribution is -2.41. The van der Waals surface area contributed by atoms with Gasteiger partial charge in [0.25, 0.3) is 0 Å². The Kier molecular flexibility index (Phi) is 6.35. The monoisotopic (exact) mass is 384 g/mol. The van der Waals surface area contributed by atoms with E-state index in [1.165, 1.54) is 25.1 Å². The molecule has 0 saturated carbocycles. The molecule has 1 aliphatic rings. The maximum absolute atomic E-state index is 13.6. The van der Waals surface area contributed by atoms with Gasteiger partial charge in [-0.25, -0.2) is 4.79 Å². The standard InChI is InChI=1S/C18H19F3N2O4/c1-4-26-16(24)13-10(3)22-23-15(17(25)27-5-2)14(13)11-8-6-7-9-12(11)18(19,20)21/h6-9,13-14H,4-5H2,1-3H3. The molecule has 1 aliphatic heterocycles. The Morgan fingerprint density at radius 1 is 1.07 bits per heavy atom. The molecule has 0 radical (unpaired) electrons. The van der Waals surface area contributed by atoms with E-state index in [4.69, 9.17) is 9.47 Å². The minimum absolute atomic E-state index is 0.00173. The van der Waals surface area contributed by atoms with Crippen molar-refractivity contribution >= 4 is 23.4 Å². The van der Waals surface area contributed by atoms with Crippen LogP contribution in [0.3, 0.4) is 0 Å². The van der Waals surface area contributed by atoms with Crippen LogP contribution in [-0.2, 0) is 25.2 Å². The van der Waals surface area contributed by atoms with Crippen molar-refractivity contribution in [2.45, 2.75) is 32.9 Å². The van der Waals surface area contributed by atoms with Gasteiger partial charge in [0, 0.05) is 0 Å². The second kappa shape index (κ2) is 8.32. The van der Waals surface area contributed by atoms with Gasteiger partial charge in [-0.2, -0.15) is 18.3 Å². The van der Waals surface area contributed by atoms with E-state index < -0.39 is 35.5 Å². The fourth-order valence-electron chi connectivity index (χ4n) is 2.92. The number of carbonyl (C=O) groups excluding carboxylic acids is 2. The number of hydrogen-bond acceptors (Lipinski definition) is 6. The first-order chi connectivity index (χ1) is 12.7. The molecule has 0 aromatic heterocycles. The summed E-state index contributed by atoms with van der Waals surface area (Å²) in [5.41, 5.74) is -1.43. The quantitative estimate of drug-likeness (QED) is 0.730. The Bertz CT molecular complexity index is 787. The number of hydrogen-bond donors (Lipinski definition) is 0. The zero-order valence-electron chi connectivity index (χ0n) is 15.0. The number of benzene rings is 1. The fraction of sp³-hybridized carbons (Fsp3) is 0.444. The van der Waals surface area contributed by atoms with Gasteiger partial charge in [0.2, 0.25) is 0 Å². The van der Waals surface area contributed by atoms with Crippen LogP contribution in [0.1, 0.15) is 37.8 Å². The normalized spacial score (nSPS) is 19.8. The summed E-state index contributed by atoms with van der Waals surface area (Å²) in [4.78, 5) is 24.8. The highest BCUT2D eigenvalue weighted by Crippen LogP contribution is 2.40. The van der Waals surface area contributed by atoms with Crippen LogP contribution in [0, 0.1) is 5.92 Å². The van der Waals surface area contributed by atoms with Crippen LogP contribution in [-0.4, -0.2) is 36.6 Å². The van der Waals surface area contributed by atoms with Crippen LogP contribution in [0.2, 0.25) is 0 Å². The molecular weight excluding hydrogens is 365 g/mol. The van der Waals surface area contributed by atoms with Gasteiger partial charge in [-0.3, -0.25) is 4.79 Å². The van der Waals surface area contributed by atoms with Crippen molar-refractivity contribution in [1.29, 1.82) is 0 Å². The molecule has 9 heteroatoms. The molecule has 1 heterocycles. The van der Waals surface area contributed by atoms with Crippen LogP contribution in [0.15, 0.2) is 34.5 Å². The average molecular weight is 384 g/mol. The summed E-state index contributed by atoms with van der Waals surface area (Å²) in [6.07, 6.45) is -4.68. The molecule has 0 fully saturated rings. The molecule has 1 aromatic rings. The summed E-state index contributed by atoms with van der Waals surface area (Å²) in [5, 5.41) is 7.55. The van der Waals surface area contributed by atoms with E-state index in [9.17, 15) is 22.8 Å². The predicted octanol–water partition coefficient (Wildman–Crippen LogP) is 3.36. The highest BCUT2D eigenvalue weighted by atomic mass is 19.4. The van der Waals surface area contributed by atoms with Gasteiger partial charge in [-0.15, -0.1) is 5.10 Å². The summed E-state index contributed by atoms with van der Waals surface area (Å²) in [5.74, 6) is -4.24. The van der Waals surface area contributed by atoms with E-state index in [-0.39, 0.29) is 30.2 Å². The average Bonchev–Trinajstić information content (AvgIpc) is 2.61. The van der Waals surface area contributed by atoms with E-state index in [1.807, 2.05) is 0 Å². The molecule has 0 bridgehead atoms. The van der Waals surface area contributed by atoms with Crippen molar-refractivity contribution in [1.82, 2.24) is 0 Å². The van der Waals surface area contributed by atoms with Gasteiger partial charge in [0.05, 0.1) is 30.4 Å². The van der Waals surface area contributed by atoms with Crippen molar-refractivity contribution in [2.75, 3.05) is 13.2 Å². The van der Waals surface area contributed by atoms with Gasteiger partial charge in [-0.1, -0.05) is 18.2 Å². The minimum atomic E-state index is -4.68. The highest BCUT2D eigenvalue weighted by Gasteiger charge is 2.46. The first kappa shape index (κ1) is 20.6. The number of halogens is 3. The number of rotatable bonds is 5. The Balaban J connectivity index is 2.67. The summed E-state index contributed by atoms with van der Waals surface area (Å²) in [7, 11) is 0. The van der Waals surface area contributed by atoms with Crippen molar-refractivity contribution in [3.8, 4) is 0 Å². The molecule has 0 spiro atoms. The molecule has 2 unspecified atom stereocenters. The Labute approximate surface area is 154 Å². The largest absolute Gasteiger partial charge is 0.465 e. The maximum atomic E-state index is 13.6. The van der Waals surface area contributed by atoms with Crippen LogP contribution >= 0.6 is 0 Å². The molecule has 2 atom stereocenters. The van der Waals surface area contributed by atoms with Gasteiger partial charge < -0.3 is 9.47 Å². The fourth-order valence-corrected chi connectivity index (χ4v) is 2.92. The minimum Gasteiger partial charge on any atom is -0.465 e. The smallest absolute Gasteiger partial charge is 0.416 e. The molecule has 1 aromatic carbocycles. The van der Waals surface area contributed by atoms with Crippen LogP contribution in [0.5, 0.6) is 0 Å². The zero-order valence-corrected chi connectivity index (χ0v) is 15.0. The highest BCUT2D eigenvalue weighted by molar-refractivity contribution is 6.40. The Morgan fingerprint density at radius 2 is 1.70 bits per heavy atom. The van der Waals surface area contributed by atoms with Gasteiger partial charge in [-0.05, 0) is 32.4 Å². The lowest BCUT2D eigenvalue weighted by atomic mass is 9.77.